The van der Waals surface area contributed by atoms with Crippen molar-refractivity contribution in [3.63, 3.8) is 0 Å². The number of thiazole rings is 1. The van der Waals surface area contributed by atoms with Crippen molar-refractivity contribution < 1.29 is 9.90 Å². The minimum Gasteiger partial charge on any atom is -0.481 e. The van der Waals surface area contributed by atoms with Crippen molar-refractivity contribution in [2.75, 3.05) is 12.4 Å². The number of anilines is 1. The molecule has 5 heteroatoms. The fourth-order valence-electron chi connectivity index (χ4n) is 2.22. The van der Waals surface area contributed by atoms with Crippen LogP contribution in [0.15, 0.2) is 18.2 Å². The molecule has 4 nitrogen and oxygen atoms in total. The Morgan fingerprint density at radius 3 is 2.67 bits per heavy atom. The van der Waals surface area contributed by atoms with Gasteiger partial charge in [0, 0.05) is 23.4 Å². The molecule has 0 bridgehead atoms. The van der Waals surface area contributed by atoms with Gasteiger partial charge in [0.05, 0.1) is 12.1 Å². The average molecular weight is 304 g/mol. The number of carbonyl (C=O) groups is 1. The summed E-state index contributed by atoms with van der Waals surface area (Å²) in [6.45, 7) is 6.09. The summed E-state index contributed by atoms with van der Waals surface area (Å²) in [5.74, 6) is -0.841. The van der Waals surface area contributed by atoms with E-state index in [4.69, 9.17) is 5.11 Å². The molecular weight excluding hydrogens is 284 g/mol. The highest BCUT2D eigenvalue weighted by atomic mass is 32.1. The van der Waals surface area contributed by atoms with Gasteiger partial charge in [0.1, 0.15) is 0 Å². The largest absolute Gasteiger partial charge is 0.481 e. The van der Waals surface area contributed by atoms with Crippen molar-refractivity contribution in [1.29, 1.82) is 0 Å². The molecule has 2 N–H and O–H groups in total. The van der Waals surface area contributed by atoms with Crippen molar-refractivity contribution in [3.05, 3.63) is 34.2 Å². The quantitative estimate of drug-likeness (QED) is 0.875. The molecule has 1 heterocycles. The predicted octanol–water partition coefficient (Wildman–Crippen LogP) is 4.05. The average Bonchev–Trinajstić information content (AvgIpc) is 2.85. The van der Waals surface area contributed by atoms with Gasteiger partial charge in [-0.05, 0) is 31.0 Å². The summed E-state index contributed by atoms with van der Waals surface area (Å²) in [5.41, 5.74) is 4.38. The lowest BCUT2D eigenvalue weighted by Crippen LogP contribution is -2.02. The zero-order valence-corrected chi connectivity index (χ0v) is 13.5. The Balaban J connectivity index is 2.48. The van der Waals surface area contributed by atoms with E-state index in [0.29, 0.717) is 0 Å². The van der Waals surface area contributed by atoms with E-state index >= 15 is 0 Å². The van der Waals surface area contributed by atoms with Gasteiger partial charge in [-0.2, -0.15) is 0 Å². The first-order chi connectivity index (χ1) is 9.92. The second kappa shape index (κ2) is 6.26. The molecule has 0 aliphatic carbocycles. The molecule has 0 aliphatic heterocycles. The van der Waals surface area contributed by atoms with Gasteiger partial charge < -0.3 is 10.4 Å². The van der Waals surface area contributed by atoms with Crippen LogP contribution in [0.4, 0.5) is 5.13 Å². The van der Waals surface area contributed by atoms with Crippen LogP contribution in [0.1, 0.15) is 35.3 Å². The molecule has 1 atom stereocenters. The highest BCUT2D eigenvalue weighted by Crippen LogP contribution is 2.38. The van der Waals surface area contributed by atoms with E-state index < -0.39 is 5.97 Å². The molecule has 1 unspecified atom stereocenters. The number of aryl methyl sites for hydroxylation is 2. The Morgan fingerprint density at radius 2 is 2.10 bits per heavy atom. The zero-order valence-electron chi connectivity index (χ0n) is 12.7. The van der Waals surface area contributed by atoms with E-state index in [0.717, 1.165) is 21.3 Å². The first-order valence-electron chi connectivity index (χ1n) is 6.90. The second-order valence-electron chi connectivity index (χ2n) is 5.28. The van der Waals surface area contributed by atoms with E-state index in [9.17, 15) is 4.79 Å². The van der Waals surface area contributed by atoms with Crippen molar-refractivity contribution in [3.8, 4) is 11.3 Å². The number of hydrogen-bond donors (Lipinski definition) is 2. The summed E-state index contributed by atoms with van der Waals surface area (Å²) in [7, 11) is 1.83. The van der Waals surface area contributed by atoms with Crippen LogP contribution in [0.5, 0.6) is 0 Å². The van der Waals surface area contributed by atoms with E-state index in [1.165, 1.54) is 22.5 Å². The molecule has 2 rings (SSSR count). The highest BCUT2D eigenvalue weighted by Gasteiger charge is 2.20. The van der Waals surface area contributed by atoms with Crippen LogP contribution in [0.2, 0.25) is 0 Å². The third kappa shape index (κ3) is 3.42. The molecule has 1 aromatic heterocycles. The Kier molecular flexibility index (Phi) is 4.63. The van der Waals surface area contributed by atoms with Gasteiger partial charge in [-0.1, -0.05) is 19.1 Å². The Bertz CT molecular complexity index is 664. The van der Waals surface area contributed by atoms with E-state index in [2.05, 4.69) is 36.3 Å². The Labute approximate surface area is 128 Å². The van der Waals surface area contributed by atoms with Crippen LogP contribution in [-0.4, -0.2) is 23.1 Å². The maximum atomic E-state index is 11.0. The molecule has 1 aromatic carbocycles. The van der Waals surface area contributed by atoms with Crippen molar-refractivity contribution in [1.82, 2.24) is 4.98 Å². The van der Waals surface area contributed by atoms with Crippen LogP contribution in [0.25, 0.3) is 11.3 Å². The lowest BCUT2D eigenvalue weighted by Gasteiger charge is -2.10. The molecule has 112 valence electrons. The summed E-state index contributed by atoms with van der Waals surface area (Å²) >= 11 is 1.53. The molecule has 0 radical (unpaired) electrons. The van der Waals surface area contributed by atoms with E-state index in [1.54, 1.807) is 0 Å². The smallest absolute Gasteiger partial charge is 0.303 e. The molecule has 0 fully saturated rings. The number of nitrogens with zero attached hydrogens (tertiary/aromatic N) is 1. The molecule has 0 aliphatic rings. The highest BCUT2D eigenvalue weighted by molar-refractivity contribution is 7.16. The van der Waals surface area contributed by atoms with Gasteiger partial charge in [-0.25, -0.2) is 4.98 Å². The summed E-state index contributed by atoms with van der Waals surface area (Å²) in [4.78, 5) is 16.6. The Morgan fingerprint density at radius 1 is 1.38 bits per heavy atom. The van der Waals surface area contributed by atoms with Crippen LogP contribution in [0, 0.1) is 13.8 Å². The van der Waals surface area contributed by atoms with Crippen molar-refractivity contribution in [2.45, 2.75) is 33.1 Å². The minimum absolute atomic E-state index is 0.0568. The number of nitrogens with one attached hydrogen (secondary N) is 1. The molecule has 0 amide bonds. The Hall–Kier alpha value is -1.88. The van der Waals surface area contributed by atoms with Gasteiger partial charge >= 0.3 is 5.97 Å². The zero-order chi connectivity index (χ0) is 15.6. The summed E-state index contributed by atoms with van der Waals surface area (Å²) < 4.78 is 0. The number of carboxylic acids is 1. The first kappa shape index (κ1) is 15.5. The van der Waals surface area contributed by atoms with Gasteiger partial charge in [0.2, 0.25) is 0 Å². The summed E-state index contributed by atoms with van der Waals surface area (Å²) in [6.07, 6.45) is 0.114. The maximum absolute atomic E-state index is 11.0. The third-order valence-electron chi connectivity index (χ3n) is 3.58. The first-order valence-corrected chi connectivity index (χ1v) is 7.72. The number of rotatable bonds is 5. The fraction of sp³-hybridized carbons (Fsp3) is 0.375. The molecule has 0 saturated carbocycles. The van der Waals surface area contributed by atoms with Gasteiger partial charge in [-0.15, -0.1) is 11.3 Å². The predicted molar refractivity (Wildman–Crippen MR) is 87.2 cm³/mol. The molecule has 21 heavy (non-hydrogen) atoms. The monoisotopic (exact) mass is 304 g/mol. The normalized spacial score (nSPS) is 12.2. The maximum Gasteiger partial charge on any atom is 0.303 e. The second-order valence-corrected chi connectivity index (χ2v) is 6.31. The number of carboxylic acid groups (broad SMARTS) is 1. The fourth-order valence-corrected chi connectivity index (χ4v) is 3.22. The van der Waals surface area contributed by atoms with Gasteiger partial charge in [-0.3, -0.25) is 4.79 Å². The summed E-state index contributed by atoms with van der Waals surface area (Å²) in [5, 5.41) is 12.9. The molecular formula is C16H20N2O2S. The lowest BCUT2D eigenvalue weighted by atomic mass is 9.99. The van der Waals surface area contributed by atoms with Crippen LogP contribution >= 0.6 is 11.3 Å². The lowest BCUT2D eigenvalue weighted by molar-refractivity contribution is -0.137. The topological polar surface area (TPSA) is 62.2 Å². The standard InChI is InChI=1S/C16H20N2O2S/c1-9-5-6-12(7-10(9)2)14-15(11(3)8-13(19)20)21-16(17-4)18-14/h5-7,11H,8H2,1-4H3,(H,17,18)(H,19,20). The minimum atomic E-state index is -0.784. The summed E-state index contributed by atoms with van der Waals surface area (Å²) in [6, 6.07) is 6.24. The number of hydrogen-bond acceptors (Lipinski definition) is 4. The van der Waals surface area contributed by atoms with Crippen molar-refractivity contribution >= 4 is 22.4 Å². The number of aliphatic carboxylic acids is 1. The molecule has 2 aromatic rings. The van der Waals surface area contributed by atoms with Crippen molar-refractivity contribution in [2.24, 2.45) is 0 Å². The van der Waals surface area contributed by atoms with Gasteiger partial charge in [0.15, 0.2) is 5.13 Å². The van der Waals surface area contributed by atoms with E-state index in [1.807, 2.05) is 20.0 Å². The van der Waals surface area contributed by atoms with Crippen LogP contribution in [-0.2, 0) is 4.79 Å². The number of benzene rings is 1. The molecule has 0 saturated heterocycles. The van der Waals surface area contributed by atoms with Gasteiger partial charge in [0.25, 0.3) is 0 Å². The van der Waals surface area contributed by atoms with Crippen LogP contribution < -0.4 is 5.32 Å². The van der Waals surface area contributed by atoms with E-state index in [-0.39, 0.29) is 12.3 Å². The van der Waals surface area contributed by atoms with Crippen LogP contribution in [0.3, 0.4) is 0 Å². The SMILES string of the molecule is CNc1nc(-c2ccc(C)c(C)c2)c(C(C)CC(=O)O)s1. The molecule has 0 spiro atoms. The number of aromatic nitrogens is 1. The third-order valence-corrected chi connectivity index (χ3v) is 4.88.